The molecular weight excluding hydrogens is 272 g/mol. The lowest BCUT2D eigenvalue weighted by molar-refractivity contribution is 0.0550. The number of ether oxygens (including phenoxy) is 1. The van der Waals surface area contributed by atoms with Crippen LogP contribution in [0.25, 0.3) is 0 Å². The van der Waals surface area contributed by atoms with Crippen LogP contribution in [0.15, 0.2) is 18.2 Å². The molecule has 0 unspecified atom stereocenters. The predicted molar refractivity (Wildman–Crippen MR) is 85.8 cm³/mol. The number of para-hydroxylation sites is 1. The van der Waals surface area contributed by atoms with Gasteiger partial charge in [-0.25, -0.2) is 0 Å². The number of hydrogen-bond donors (Lipinski definition) is 1. The first kappa shape index (κ1) is 15.6. The lowest BCUT2D eigenvalue weighted by Gasteiger charge is -2.27. The molecule has 0 amide bonds. The Bertz CT molecular complexity index is 432. The van der Waals surface area contributed by atoms with Crippen molar-refractivity contribution in [1.82, 2.24) is 4.90 Å². The minimum atomic E-state index is 0. The topological polar surface area (TPSA) is 24.5 Å². The van der Waals surface area contributed by atoms with Crippen LogP contribution in [0.1, 0.15) is 24.0 Å². The van der Waals surface area contributed by atoms with E-state index in [1.165, 1.54) is 42.6 Å². The van der Waals surface area contributed by atoms with Crippen LogP contribution in [0.2, 0.25) is 0 Å². The van der Waals surface area contributed by atoms with E-state index in [2.05, 4.69) is 35.5 Å². The summed E-state index contributed by atoms with van der Waals surface area (Å²) in [6, 6.07) is 6.71. The number of halogens is 1. The van der Waals surface area contributed by atoms with Crippen molar-refractivity contribution in [1.29, 1.82) is 0 Å². The van der Waals surface area contributed by atoms with E-state index in [9.17, 15) is 0 Å². The van der Waals surface area contributed by atoms with Crippen molar-refractivity contribution in [3.05, 3.63) is 29.3 Å². The SMILES string of the molecule is CN(Cc1cccc2c1NCC2)CC1CCOCC1.Cl. The summed E-state index contributed by atoms with van der Waals surface area (Å²) in [5.41, 5.74) is 4.32. The van der Waals surface area contributed by atoms with Crippen LogP contribution in [0.4, 0.5) is 5.69 Å². The molecule has 1 N–H and O–H groups in total. The number of anilines is 1. The fourth-order valence-electron chi connectivity index (χ4n) is 3.27. The largest absolute Gasteiger partial charge is 0.384 e. The van der Waals surface area contributed by atoms with Gasteiger partial charge in [-0.15, -0.1) is 12.4 Å². The lowest BCUT2D eigenvalue weighted by Crippen LogP contribution is -2.29. The Morgan fingerprint density at radius 2 is 2.10 bits per heavy atom. The highest BCUT2D eigenvalue weighted by Crippen LogP contribution is 2.27. The number of rotatable bonds is 4. The highest BCUT2D eigenvalue weighted by Gasteiger charge is 2.18. The summed E-state index contributed by atoms with van der Waals surface area (Å²) in [5, 5.41) is 3.53. The average molecular weight is 297 g/mol. The van der Waals surface area contributed by atoms with Gasteiger partial charge in [-0.05, 0) is 43.4 Å². The van der Waals surface area contributed by atoms with Gasteiger partial charge < -0.3 is 15.0 Å². The van der Waals surface area contributed by atoms with Gasteiger partial charge in [0.25, 0.3) is 0 Å². The van der Waals surface area contributed by atoms with E-state index in [0.717, 1.165) is 32.2 Å². The molecule has 1 saturated heterocycles. The van der Waals surface area contributed by atoms with Gasteiger partial charge in [0, 0.05) is 38.5 Å². The minimum absolute atomic E-state index is 0. The molecule has 1 fully saturated rings. The maximum absolute atomic E-state index is 5.43. The van der Waals surface area contributed by atoms with Crippen LogP contribution < -0.4 is 5.32 Å². The van der Waals surface area contributed by atoms with Crippen LogP contribution in [0.3, 0.4) is 0 Å². The van der Waals surface area contributed by atoms with Gasteiger partial charge >= 0.3 is 0 Å². The smallest absolute Gasteiger partial charge is 0.0469 e. The Balaban J connectivity index is 0.00000147. The highest BCUT2D eigenvalue weighted by molar-refractivity contribution is 5.85. The molecule has 20 heavy (non-hydrogen) atoms. The fraction of sp³-hybridized carbons (Fsp3) is 0.625. The number of nitrogens with zero attached hydrogens (tertiary/aromatic N) is 1. The average Bonchev–Trinajstić information content (AvgIpc) is 2.89. The van der Waals surface area contributed by atoms with Crippen molar-refractivity contribution in [2.24, 2.45) is 5.92 Å². The molecule has 0 aromatic heterocycles. The van der Waals surface area contributed by atoms with Crippen LogP contribution in [0.5, 0.6) is 0 Å². The molecule has 2 aliphatic heterocycles. The second kappa shape index (κ2) is 7.30. The second-order valence-corrected chi connectivity index (χ2v) is 5.88. The van der Waals surface area contributed by atoms with Crippen LogP contribution >= 0.6 is 12.4 Å². The summed E-state index contributed by atoms with van der Waals surface area (Å²) in [6.07, 6.45) is 3.61. The molecule has 0 radical (unpaired) electrons. The van der Waals surface area contributed by atoms with Crippen molar-refractivity contribution < 1.29 is 4.74 Å². The van der Waals surface area contributed by atoms with Gasteiger partial charge in [-0.1, -0.05) is 18.2 Å². The molecule has 1 aromatic rings. The van der Waals surface area contributed by atoms with E-state index in [1.807, 2.05) is 0 Å². The Labute approximate surface area is 128 Å². The zero-order valence-electron chi connectivity index (χ0n) is 12.2. The molecule has 3 nitrogen and oxygen atoms in total. The van der Waals surface area contributed by atoms with Crippen LogP contribution in [-0.2, 0) is 17.7 Å². The van der Waals surface area contributed by atoms with Crippen LogP contribution in [-0.4, -0.2) is 38.3 Å². The fourth-order valence-corrected chi connectivity index (χ4v) is 3.27. The molecule has 4 heteroatoms. The Hall–Kier alpha value is -0.770. The van der Waals surface area contributed by atoms with Gasteiger partial charge in [0.2, 0.25) is 0 Å². The van der Waals surface area contributed by atoms with E-state index < -0.39 is 0 Å². The minimum Gasteiger partial charge on any atom is -0.384 e. The van der Waals surface area contributed by atoms with Crippen molar-refractivity contribution in [3.63, 3.8) is 0 Å². The van der Waals surface area contributed by atoms with Crippen molar-refractivity contribution in [2.45, 2.75) is 25.8 Å². The third-order valence-corrected chi connectivity index (χ3v) is 4.28. The van der Waals surface area contributed by atoms with Gasteiger partial charge in [-0.2, -0.15) is 0 Å². The molecule has 0 spiro atoms. The first-order valence-corrected chi connectivity index (χ1v) is 7.44. The monoisotopic (exact) mass is 296 g/mol. The maximum atomic E-state index is 5.43. The van der Waals surface area contributed by atoms with E-state index in [0.29, 0.717) is 0 Å². The van der Waals surface area contributed by atoms with Gasteiger partial charge in [-0.3, -0.25) is 0 Å². The second-order valence-electron chi connectivity index (χ2n) is 5.88. The number of nitrogens with one attached hydrogen (secondary N) is 1. The number of hydrogen-bond acceptors (Lipinski definition) is 3. The Morgan fingerprint density at radius 3 is 2.90 bits per heavy atom. The molecule has 0 bridgehead atoms. The zero-order chi connectivity index (χ0) is 13.1. The number of benzene rings is 1. The molecule has 0 atom stereocenters. The van der Waals surface area contributed by atoms with Gasteiger partial charge in [0.15, 0.2) is 0 Å². The summed E-state index contributed by atoms with van der Waals surface area (Å²) in [7, 11) is 2.24. The first-order chi connectivity index (χ1) is 9.33. The predicted octanol–water partition coefficient (Wildman–Crippen LogP) is 2.93. The standard InChI is InChI=1S/C16H24N2O.ClH/c1-18(11-13-6-9-19-10-7-13)12-15-4-2-3-14-5-8-17-16(14)15;/h2-4,13,17H,5-12H2,1H3;1H. The van der Waals surface area contributed by atoms with E-state index >= 15 is 0 Å². The summed E-state index contributed by atoms with van der Waals surface area (Å²) in [6.45, 7) is 5.22. The molecule has 2 aliphatic rings. The van der Waals surface area contributed by atoms with Crippen LogP contribution in [0, 0.1) is 5.92 Å². The molecule has 112 valence electrons. The van der Waals surface area contributed by atoms with Gasteiger partial charge in [0.1, 0.15) is 0 Å². The molecule has 0 saturated carbocycles. The lowest BCUT2D eigenvalue weighted by atomic mass is 9.99. The van der Waals surface area contributed by atoms with E-state index in [1.54, 1.807) is 0 Å². The summed E-state index contributed by atoms with van der Waals surface area (Å²) in [4.78, 5) is 2.46. The molecule has 1 aromatic carbocycles. The number of fused-ring (bicyclic) bond motifs is 1. The van der Waals surface area contributed by atoms with E-state index in [-0.39, 0.29) is 12.4 Å². The van der Waals surface area contributed by atoms with Crippen molar-refractivity contribution >= 4 is 18.1 Å². The molecular formula is C16H25ClN2O. The molecule has 0 aliphatic carbocycles. The Kier molecular flexibility index (Phi) is 5.70. The summed E-state index contributed by atoms with van der Waals surface area (Å²) >= 11 is 0. The maximum Gasteiger partial charge on any atom is 0.0469 e. The summed E-state index contributed by atoms with van der Waals surface area (Å²) in [5.74, 6) is 0.809. The quantitative estimate of drug-likeness (QED) is 0.924. The highest BCUT2D eigenvalue weighted by atomic mass is 35.5. The first-order valence-electron chi connectivity index (χ1n) is 7.44. The Morgan fingerprint density at radius 1 is 1.30 bits per heavy atom. The third-order valence-electron chi connectivity index (χ3n) is 4.28. The van der Waals surface area contributed by atoms with Crippen molar-refractivity contribution in [2.75, 3.05) is 38.7 Å². The van der Waals surface area contributed by atoms with E-state index in [4.69, 9.17) is 4.74 Å². The summed E-state index contributed by atoms with van der Waals surface area (Å²) < 4.78 is 5.43. The zero-order valence-corrected chi connectivity index (χ0v) is 13.0. The van der Waals surface area contributed by atoms with Crippen molar-refractivity contribution in [3.8, 4) is 0 Å². The van der Waals surface area contributed by atoms with Gasteiger partial charge in [0.05, 0.1) is 0 Å². The molecule has 3 rings (SSSR count). The normalized spacial score (nSPS) is 18.5. The molecule has 2 heterocycles. The third kappa shape index (κ3) is 3.66.